The van der Waals surface area contributed by atoms with Crippen LogP contribution in [0.15, 0.2) is 0 Å². The lowest BCUT2D eigenvalue weighted by Gasteiger charge is -2.37. The maximum Gasteiger partial charge on any atom is 0.0774 e. The van der Waals surface area contributed by atoms with Crippen molar-refractivity contribution < 1.29 is 5.11 Å². The number of nitrogens with one attached hydrogen (secondary N) is 2. The lowest BCUT2D eigenvalue weighted by Crippen LogP contribution is -2.47. The van der Waals surface area contributed by atoms with Crippen molar-refractivity contribution in [2.75, 3.05) is 13.1 Å². The third-order valence-corrected chi connectivity index (χ3v) is 5.15. The summed E-state index contributed by atoms with van der Waals surface area (Å²) in [6.07, 6.45) is 11.0. The van der Waals surface area contributed by atoms with Crippen molar-refractivity contribution in [2.24, 2.45) is 5.92 Å². The van der Waals surface area contributed by atoms with Crippen LogP contribution in [0, 0.1) is 5.92 Å². The fourth-order valence-corrected chi connectivity index (χ4v) is 3.97. The summed E-state index contributed by atoms with van der Waals surface area (Å²) < 4.78 is 0. The quantitative estimate of drug-likeness (QED) is 0.726. The molecule has 2 aliphatic rings. The van der Waals surface area contributed by atoms with Crippen LogP contribution in [-0.2, 0) is 0 Å². The van der Waals surface area contributed by atoms with Crippen LogP contribution in [0.3, 0.4) is 0 Å². The summed E-state index contributed by atoms with van der Waals surface area (Å²) in [7, 11) is 0. The van der Waals surface area contributed by atoms with E-state index in [9.17, 15) is 5.11 Å². The average Bonchev–Trinajstić information content (AvgIpc) is 2.65. The van der Waals surface area contributed by atoms with Gasteiger partial charge in [0.05, 0.1) is 5.60 Å². The highest BCUT2D eigenvalue weighted by Gasteiger charge is 2.32. The molecular weight excluding hydrogens is 248 g/mol. The smallest absolute Gasteiger partial charge is 0.0774 e. The minimum Gasteiger partial charge on any atom is -0.389 e. The molecule has 1 heterocycles. The van der Waals surface area contributed by atoms with E-state index in [1.807, 2.05) is 0 Å². The van der Waals surface area contributed by atoms with Crippen molar-refractivity contribution in [3.05, 3.63) is 0 Å². The second-order valence-corrected chi connectivity index (χ2v) is 7.44. The molecular formula is C17H34N2O. The molecule has 2 fully saturated rings. The molecule has 3 N–H and O–H groups in total. The molecule has 1 aliphatic heterocycles. The Hall–Kier alpha value is -0.120. The Bertz CT molecular complexity index is 276. The summed E-state index contributed by atoms with van der Waals surface area (Å²) in [5.74, 6) is 0.675. The van der Waals surface area contributed by atoms with Crippen LogP contribution in [0.5, 0.6) is 0 Å². The van der Waals surface area contributed by atoms with Crippen molar-refractivity contribution in [1.29, 1.82) is 0 Å². The molecule has 4 atom stereocenters. The zero-order chi connectivity index (χ0) is 14.4. The zero-order valence-corrected chi connectivity index (χ0v) is 13.5. The summed E-state index contributed by atoms with van der Waals surface area (Å²) in [6, 6.07) is 1.16. The summed E-state index contributed by atoms with van der Waals surface area (Å²) in [4.78, 5) is 0. The van der Waals surface area contributed by atoms with E-state index in [0.717, 1.165) is 19.4 Å². The molecule has 0 amide bonds. The lowest BCUT2D eigenvalue weighted by molar-refractivity contribution is -0.0137. The van der Waals surface area contributed by atoms with E-state index in [4.69, 9.17) is 0 Å². The molecule has 4 unspecified atom stereocenters. The van der Waals surface area contributed by atoms with Gasteiger partial charge in [-0.25, -0.2) is 0 Å². The highest BCUT2D eigenvalue weighted by Crippen LogP contribution is 2.31. The first-order valence-electron chi connectivity index (χ1n) is 8.76. The van der Waals surface area contributed by atoms with E-state index in [1.54, 1.807) is 0 Å². The van der Waals surface area contributed by atoms with Crippen LogP contribution < -0.4 is 10.6 Å². The normalized spacial score (nSPS) is 37.4. The third-order valence-electron chi connectivity index (χ3n) is 5.15. The predicted molar refractivity (Wildman–Crippen MR) is 84.9 cm³/mol. The van der Waals surface area contributed by atoms with Gasteiger partial charge in [-0.3, -0.25) is 0 Å². The SMILES string of the molecule is CC1CCCC(O)(CNC(C)CC2CCCCCN2)C1. The van der Waals surface area contributed by atoms with Crippen LogP contribution in [0.4, 0.5) is 0 Å². The van der Waals surface area contributed by atoms with E-state index in [0.29, 0.717) is 18.0 Å². The second kappa shape index (κ2) is 7.77. The molecule has 0 spiro atoms. The molecule has 0 radical (unpaired) electrons. The van der Waals surface area contributed by atoms with Gasteiger partial charge in [-0.2, -0.15) is 0 Å². The molecule has 118 valence electrons. The fraction of sp³-hybridized carbons (Fsp3) is 1.00. The van der Waals surface area contributed by atoms with E-state index in [-0.39, 0.29) is 0 Å². The number of aliphatic hydroxyl groups is 1. The molecule has 3 nitrogen and oxygen atoms in total. The van der Waals surface area contributed by atoms with Crippen LogP contribution in [0.1, 0.15) is 71.6 Å². The summed E-state index contributed by atoms with van der Waals surface area (Å²) >= 11 is 0. The van der Waals surface area contributed by atoms with Crippen LogP contribution in [0.2, 0.25) is 0 Å². The van der Waals surface area contributed by atoms with Crippen molar-refractivity contribution in [2.45, 2.75) is 89.3 Å². The molecule has 0 aromatic rings. The van der Waals surface area contributed by atoms with Gasteiger partial charge in [-0.15, -0.1) is 0 Å². The van der Waals surface area contributed by atoms with E-state index in [2.05, 4.69) is 24.5 Å². The van der Waals surface area contributed by atoms with Crippen LogP contribution in [-0.4, -0.2) is 35.9 Å². The lowest BCUT2D eigenvalue weighted by atomic mass is 9.79. The van der Waals surface area contributed by atoms with Crippen molar-refractivity contribution >= 4 is 0 Å². The summed E-state index contributed by atoms with van der Waals surface area (Å²) in [5.41, 5.74) is -0.456. The maximum atomic E-state index is 10.7. The van der Waals surface area contributed by atoms with Gasteiger partial charge in [-0.1, -0.05) is 32.6 Å². The Balaban J connectivity index is 1.69. The number of hydrogen-bond donors (Lipinski definition) is 3. The Morgan fingerprint density at radius 1 is 1.25 bits per heavy atom. The maximum absolute atomic E-state index is 10.7. The highest BCUT2D eigenvalue weighted by molar-refractivity contribution is 4.88. The van der Waals surface area contributed by atoms with Gasteiger partial charge in [0.25, 0.3) is 0 Å². The second-order valence-electron chi connectivity index (χ2n) is 7.44. The van der Waals surface area contributed by atoms with Gasteiger partial charge in [0.1, 0.15) is 0 Å². The molecule has 20 heavy (non-hydrogen) atoms. The van der Waals surface area contributed by atoms with E-state index in [1.165, 1.54) is 51.5 Å². The fourth-order valence-electron chi connectivity index (χ4n) is 3.97. The van der Waals surface area contributed by atoms with Crippen molar-refractivity contribution in [1.82, 2.24) is 10.6 Å². The van der Waals surface area contributed by atoms with Gasteiger partial charge in [0.2, 0.25) is 0 Å². The Labute approximate surface area is 124 Å². The minimum absolute atomic E-state index is 0.456. The average molecular weight is 282 g/mol. The summed E-state index contributed by atoms with van der Waals surface area (Å²) in [5, 5.41) is 17.9. The monoisotopic (exact) mass is 282 g/mol. The van der Waals surface area contributed by atoms with Gasteiger partial charge in [-0.05, 0) is 51.5 Å². The molecule has 3 heteroatoms. The van der Waals surface area contributed by atoms with Crippen molar-refractivity contribution in [3.63, 3.8) is 0 Å². The zero-order valence-electron chi connectivity index (χ0n) is 13.5. The van der Waals surface area contributed by atoms with Gasteiger partial charge in [0.15, 0.2) is 0 Å². The molecule has 1 aliphatic carbocycles. The summed E-state index contributed by atoms with van der Waals surface area (Å²) in [6.45, 7) is 6.48. The third kappa shape index (κ3) is 5.34. The van der Waals surface area contributed by atoms with Crippen LogP contribution in [0.25, 0.3) is 0 Å². The predicted octanol–water partition coefficient (Wildman–Crippen LogP) is 2.83. The van der Waals surface area contributed by atoms with Crippen LogP contribution >= 0.6 is 0 Å². The van der Waals surface area contributed by atoms with Crippen molar-refractivity contribution in [3.8, 4) is 0 Å². The Morgan fingerprint density at radius 3 is 2.90 bits per heavy atom. The Morgan fingerprint density at radius 2 is 2.10 bits per heavy atom. The minimum atomic E-state index is -0.456. The molecule has 1 saturated heterocycles. The largest absolute Gasteiger partial charge is 0.389 e. The van der Waals surface area contributed by atoms with Gasteiger partial charge in [0, 0.05) is 18.6 Å². The van der Waals surface area contributed by atoms with Gasteiger partial charge < -0.3 is 15.7 Å². The first-order valence-corrected chi connectivity index (χ1v) is 8.76. The molecule has 2 rings (SSSR count). The number of hydrogen-bond acceptors (Lipinski definition) is 3. The first kappa shape index (κ1) is 16.3. The molecule has 0 aromatic heterocycles. The number of rotatable bonds is 5. The molecule has 1 saturated carbocycles. The van der Waals surface area contributed by atoms with E-state index >= 15 is 0 Å². The standard InChI is InChI=1S/C17H34N2O/c1-14-7-6-9-17(20,12-14)13-19-15(2)11-16-8-4-3-5-10-18-16/h14-16,18-20H,3-13H2,1-2H3. The Kier molecular flexibility index (Phi) is 6.31. The molecule has 0 aromatic carbocycles. The topological polar surface area (TPSA) is 44.3 Å². The highest BCUT2D eigenvalue weighted by atomic mass is 16.3. The van der Waals surface area contributed by atoms with Gasteiger partial charge >= 0.3 is 0 Å². The molecule has 0 bridgehead atoms. The van der Waals surface area contributed by atoms with E-state index < -0.39 is 5.60 Å². The first-order chi connectivity index (χ1) is 9.57.